The Morgan fingerprint density at radius 3 is 2.92 bits per heavy atom. The normalized spacial score (nSPS) is 28.4. The lowest BCUT2D eigenvalue weighted by atomic mass is 9.97. The van der Waals surface area contributed by atoms with E-state index in [1.165, 1.54) is 0 Å². The largest absolute Gasteiger partial charge is 0.444 e. The van der Waals surface area contributed by atoms with Crippen LogP contribution in [0.3, 0.4) is 0 Å². The molecular weight excluding hydrogens is 154 g/mol. The van der Waals surface area contributed by atoms with Crippen LogP contribution >= 0.6 is 0 Å². The molecule has 0 aliphatic carbocycles. The van der Waals surface area contributed by atoms with Crippen molar-refractivity contribution in [2.75, 3.05) is 0 Å². The summed E-state index contributed by atoms with van der Waals surface area (Å²) in [6.07, 6.45) is 2.16. The Morgan fingerprint density at radius 1 is 1.75 bits per heavy atom. The summed E-state index contributed by atoms with van der Waals surface area (Å²) in [6.45, 7) is 7.75. The van der Waals surface area contributed by atoms with Gasteiger partial charge in [0.2, 0.25) is 0 Å². The highest BCUT2D eigenvalue weighted by molar-refractivity contribution is 5.70. The molecule has 0 bridgehead atoms. The maximum atomic E-state index is 10.9. The molecule has 1 heterocycles. The van der Waals surface area contributed by atoms with Crippen LogP contribution in [0.5, 0.6) is 0 Å². The van der Waals surface area contributed by atoms with Crippen molar-refractivity contribution in [2.45, 2.75) is 32.4 Å². The lowest BCUT2D eigenvalue weighted by molar-refractivity contribution is 0.127. The van der Waals surface area contributed by atoms with E-state index in [4.69, 9.17) is 4.74 Å². The Balaban J connectivity index is 2.58. The van der Waals surface area contributed by atoms with Gasteiger partial charge in [-0.3, -0.25) is 0 Å². The van der Waals surface area contributed by atoms with Gasteiger partial charge in [-0.05, 0) is 5.92 Å². The first-order valence-corrected chi connectivity index (χ1v) is 4.23. The van der Waals surface area contributed by atoms with Crippen LogP contribution in [0.25, 0.3) is 0 Å². The van der Waals surface area contributed by atoms with Crippen LogP contribution < -0.4 is 5.32 Å². The zero-order chi connectivity index (χ0) is 9.14. The van der Waals surface area contributed by atoms with Gasteiger partial charge < -0.3 is 10.1 Å². The highest BCUT2D eigenvalue weighted by Crippen LogP contribution is 2.18. The van der Waals surface area contributed by atoms with Crippen molar-refractivity contribution in [3.63, 3.8) is 0 Å². The predicted molar refractivity (Wildman–Crippen MR) is 46.8 cm³/mol. The molecule has 1 aliphatic heterocycles. The number of amides is 1. The second kappa shape index (κ2) is 3.61. The Labute approximate surface area is 72.8 Å². The fourth-order valence-electron chi connectivity index (χ4n) is 1.43. The van der Waals surface area contributed by atoms with Gasteiger partial charge in [0.05, 0.1) is 6.04 Å². The molecule has 1 amide bonds. The van der Waals surface area contributed by atoms with Crippen LogP contribution in [0.1, 0.15) is 20.3 Å². The summed E-state index contributed by atoms with van der Waals surface area (Å²) < 4.78 is 5.05. The molecular formula is C9H15NO2. The molecule has 0 aromatic heterocycles. The standard InChI is InChI=1S/C9H15NO2/c1-4-5-7-8(6(2)3)10-9(11)12-7/h4,6-8H,1,5H2,2-3H3,(H,10,11)/t7-,8-/m0/s1. The Morgan fingerprint density at radius 2 is 2.42 bits per heavy atom. The second-order valence-electron chi connectivity index (χ2n) is 3.38. The first kappa shape index (κ1) is 9.10. The quantitative estimate of drug-likeness (QED) is 0.653. The van der Waals surface area contributed by atoms with E-state index in [1.54, 1.807) is 6.08 Å². The van der Waals surface area contributed by atoms with Crippen LogP contribution in [0.4, 0.5) is 4.79 Å². The van der Waals surface area contributed by atoms with Crippen molar-refractivity contribution in [3.8, 4) is 0 Å². The number of alkyl carbamates (subject to hydrolysis) is 1. The van der Waals surface area contributed by atoms with E-state index in [-0.39, 0.29) is 18.2 Å². The lowest BCUT2D eigenvalue weighted by Gasteiger charge is -2.18. The van der Waals surface area contributed by atoms with E-state index in [0.717, 1.165) is 6.42 Å². The van der Waals surface area contributed by atoms with Gasteiger partial charge in [0, 0.05) is 6.42 Å². The number of cyclic esters (lactones) is 1. The molecule has 1 fully saturated rings. The number of hydrogen-bond donors (Lipinski definition) is 1. The summed E-state index contributed by atoms with van der Waals surface area (Å²) in [5, 5.41) is 2.78. The molecule has 3 nitrogen and oxygen atoms in total. The number of carbonyl (C=O) groups is 1. The van der Waals surface area contributed by atoms with E-state index >= 15 is 0 Å². The van der Waals surface area contributed by atoms with E-state index in [2.05, 4.69) is 25.7 Å². The minimum Gasteiger partial charge on any atom is -0.444 e. The molecule has 1 aliphatic rings. The van der Waals surface area contributed by atoms with Crippen molar-refractivity contribution < 1.29 is 9.53 Å². The third-order valence-corrected chi connectivity index (χ3v) is 2.06. The molecule has 0 saturated carbocycles. The maximum absolute atomic E-state index is 10.9. The van der Waals surface area contributed by atoms with Gasteiger partial charge in [0.25, 0.3) is 0 Å². The molecule has 1 saturated heterocycles. The summed E-state index contributed by atoms with van der Waals surface area (Å²) in [4.78, 5) is 10.9. The third kappa shape index (κ3) is 1.78. The molecule has 2 atom stereocenters. The fraction of sp³-hybridized carbons (Fsp3) is 0.667. The smallest absolute Gasteiger partial charge is 0.407 e. The number of hydrogen-bond acceptors (Lipinski definition) is 2. The third-order valence-electron chi connectivity index (χ3n) is 2.06. The van der Waals surface area contributed by atoms with Crippen molar-refractivity contribution in [1.29, 1.82) is 0 Å². The molecule has 68 valence electrons. The first-order chi connectivity index (χ1) is 5.65. The van der Waals surface area contributed by atoms with Gasteiger partial charge >= 0.3 is 6.09 Å². The average molecular weight is 169 g/mol. The first-order valence-electron chi connectivity index (χ1n) is 4.23. The van der Waals surface area contributed by atoms with Gasteiger partial charge in [-0.2, -0.15) is 0 Å². The highest BCUT2D eigenvalue weighted by atomic mass is 16.6. The molecule has 1 N–H and O–H groups in total. The van der Waals surface area contributed by atoms with Crippen molar-refractivity contribution in [1.82, 2.24) is 5.32 Å². The molecule has 12 heavy (non-hydrogen) atoms. The molecule has 0 aromatic carbocycles. The molecule has 0 aromatic rings. The highest BCUT2D eigenvalue weighted by Gasteiger charge is 2.34. The number of ether oxygens (including phenoxy) is 1. The van der Waals surface area contributed by atoms with E-state index in [9.17, 15) is 4.79 Å². The minimum atomic E-state index is -0.305. The van der Waals surface area contributed by atoms with Crippen LogP contribution in [-0.4, -0.2) is 18.2 Å². The summed E-state index contributed by atoms with van der Waals surface area (Å²) in [5.74, 6) is 0.404. The average Bonchev–Trinajstić information content (AvgIpc) is 2.32. The van der Waals surface area contributed by atoms with E-state index in [1.807, 2.05) is 0 Å². The summed E-state index contributed by atoms with van der Waals surface area (Å²) in [5.41, 5.74) is 0. The zero-order valence-corrected chi connectivity index (χ0v) is 7.54. The number of nitrogens with one attached hydrogen (secondary N) is 1. The molecule has 1 rings (SSSR count). The van der Waals surface area contributed by atoms with Gasteiger partial charge in [0.15, 0.2) is 0 Å². The van der Waals surface area contributed by atoms with Gasteiger partial charge in [0.1, 0.15) is 6.10 Å². The summed E-state index contributed by atoms with van der Waals surface area (Å²) in [7, 11) is 0. The Bertz CT molecular complexity index is 189. The van der Waals surface area contributed by atoms with Crippen molar-refractivity contribution >= 4 is 6.09 Å². The molecule has 0 radical (unpaired) electrons. The summed E-state index contributed by atoms with van der Waals surface area (Å²) in [6, 6.07) is 0.135. The van der Waals surface area contributed by atoms with E-state index in [0.29, 0.717) is 5.92 Å². The molecule has 0 spiro atoms. The Kier molecular flexibility index (Phi) is 2.74. The van der Waals surface area contributed by atoms with Crippen molar-refractivity contribution in [3.05, 3.63) is 12.7 Å². The van der Waals surface area contributed by atoms with Crippen LogP contribution in [0.15, 0.2) is 12.7 Å². The fourth-order valence-corrected chi connectivity index (χ4v) is 1.43. The van der Waals surface area contributed by atoms with Crippen LogP contribution in [0.2, 0.25) is 0 Å². The topological polar surface area (TPSA) is 38.3 Å². The number of carbonyl (C=O) groups excluding carboxylic acids is 1. The predicted octanol–water partition coefficient (Wildman–Crippen LogP) is 1.70. The molecule has 0 unspecified atom stereocenters. The SMILES string of the molecule is C=CC[C@@H]1OC(=O)N[C@H]1C(C)C. The van der Waals surface area contributed by atoms with E-state index < -0.39 is 0 Å². The van der Waals surface area contributed by atoms with Crippen molar-refractivity contribution in [2.24, 2.45) is 5.92 Å². The molecule has 3 heteroatoms. The minimum absolute atomic E-state index is 0.0324. The van der Waals surface area contributed by atoms with Crippen LogP contribution in [0, 0.1) is 5.92 Å². The Hall–Kier alpha value is -0.990. The van der Waals surface area contributed by atoms with Gasteiger partial charge in [-0.1, -0.05) is 19.9 Å². The van der Waals surface area contributed by atoms with Gasteiger partial charge in [-0.15, -0.1) is 6.58 Å². The van der Waals surface area contributed by atoms with Gasteiger partial charge in [-0.25, -0.2) is 4.79 Å². The number of rotatable bonds is 3. The monoisotopic (exact) mass is 169 g/mol. The summed E-state index contributed by atoms with van der Waals surface area (Å²) >= 11 is 0. The lowest BCUT2D eigenvalue weighted by Crippen LogP contribution is -2.36. The zero-order valence-electron chi connectivity index (χ0n) is 7.54. The maximum Gasteiger partial charge on any atom is 0.407 e. The van der Waals surface area contributed by atoms with Crippen LogP contribution in [-0.2, 0) is 4.74 Å². The second-order valence-corrected chi connectivity index (χ2v) is 3.38.